The lowest BCUT2D eigenvalue weighted by atomic mass is 10.2. The molecule has 1 aliphatic rings. The zero-order chi connectivity index (χ0) is 18.0. The minimum atomic E-state index is -4.19. The molecule has 0 aromatic heterocycles. The van der Waals surface area contributed by atoms with E-state index in [0.29, 0.717) is 11.8 Å². The van der Waals surface area contributed by atoms with Crippen molar-refractivity contribution in [3.05, 3.63) is 54.1 Å². The first-order chi connectivity index (χ1) is 11.8. The molecule has 134 valence electrons. The van der Waals surface area contributed by atoms with E-state index in [1.807, 2.05) is 12.1 Å². The summed E-state index contributed by atoms with van der Waals surface area (Å²) < 4.78 is 53.8. The molecule has 0 saturated carbocycles. The van der Waals surface area contributed by atoms with E-state index in [1.165, 1.54) is 4.90 Å². The van der Waals surface area contributed by atoms with Crippen molar-refractivity contribution in [1.29, 1.82) is 0 Å². The summed E-state index contributed by atoms with van der Waals surface area (Å²) in [7, 11) is -2.04. The summed E-state index contributed by atoms with van der Waals surface area (Å²) in [6.45, 7) is 3.97. The molecule has 0 spiro atoms. The number of nitrogens with zero attached hydrogens (tertiary/aromatic N) is 1. The Morgan fingerprint density at radius 2 is 1.68 bits per heavy atom. The highest BCUT2D eigenvalue weighted by atomic mass is 32.2. The molecule has 5 nitrogen and oxygen atoms in total. The topological polar surface area (TPSA) is 53.9 Å². The Hall–Kier alpha value is -2.19. The highest BCUT2D eigenvalue weighted by molar-refractivity contribution is 7.92. The van der Waals surface area contributed by atoms with Crippen LogP contribution in [-0.4, -0.2) is 41.6 Å². The number of anilines is 2. The van der Waals surface area contributed by atoms with Crippen LogP contribution in [0.25, 0.3) is 0 Å². The quantitative estimate of drug-likeness (QED) is 0.850. The van der Waals surface area contributed by atoms with E-state index in [-0.39, 0.29) is 0 Å². The second-order valence-electron chi connectivity index (χ2n) is 6.17. The molecule has 1 fully saturated rings. The highest BCUT2D eigenvalue weighted by Gasteiger charge is 2.21. The van der Waals surface area contributed by atoms with Crippen LogP contribution in [0.5, 0.6) is 0 Å². The van der Waals surface area contributed by atoms with Crippen molar-refractivity contribution in [2.75, 3.05) is 42.8 Å². The molecule has 1 saturated heterocycles. The van der Waals surface area contributed by atoms with Crippen molar-refractivity contribution in [2.45, 2.75) is 4.90 Å². The molecule has 2 aromatic rings. The monoisotopic (exact) mass is 368 g/mol. The van der Waals surface area contributed by atoms with Crippen molar-refractivity contribution in [2.24, 2.45) is 0 Å². The second-order valence-corrected chi connectivity index (χ2v) is 7.82. The van der Waals surface area contributed by atoms with Crippen LogP contribution in [0.4, 0.5) is 20.2 Å². The SMILES string of the molecule is C[NH+]1CCN(c2ccc(NS(=O)(=O)c3cc(F)ccc3F)cc2)CC1. The lowest BCUT2D eigenvalue weighted by molar-refractivity contribution is -0.880. The van der Waals surface area contributed by atoms with Gasteiger partial charge in [-0.15, -0.1) is 0 Å². The smallest absolute Gasteiger partial charge is 0.264 e. The van der Waals surface area contributed by atoms with Gasteiger partial charge in [0, 0.05) is 11.4 Å². The molecule has 0 atom stereocenters. The number of rotatable bonds is 4. The Morgan fingerprint density at radius 1 is 1.04 bits per heavy atom. The number of nitrogens with one attached hydrogen (secondary N) is 2. The highest BCUT2D eigenvalue weighted by Crippen LogP contribution is 2.22. The van der Waals surface area contributed by atoms with Crippen LogP contribution in [-0.2, 0) is 10.0 Å². The number of likely N-dealkylation sites (N-methyl/N-ethyl adjacent to an activating group) is 1. The van der Waals surface area contributed by atoms with Gasteiger partial charge in [0.15, 0.2) is 0 Å². The summed E-state index contributed by atoms with van der Waals surface area (Å²) in [6, 6.07) is 9.22. The van der Waals surface area contributed by atoms with E-state index in [2.05, 4.69) is 16.7 Å². The molecule has 2 N–H and O–H groups in total. The summed E-state index contributed by atoms with van der Waals surface area (Å²) >= 11 is 0. The van der Waals surface area contributed by atoms with Crippen molar-refractivity contribution in [3.63, 3.8) is 0 Å². The van der Waals surface area contributed by atoms with Crippen LogP contribution >= 0.6 is 0 Å². The van der Waals surface area contributed by atoms with Gasteiger partial charge in [0.25, 0.3) is 10.0 Å². The first kappa shape index (κ1) is 17.6. The standard InChI is InChI=1S/C17H19F2N3O2S/c1-21-8-10-22(11-9-21)15-5-3-14(4-6-15)20-25(23,24)17-12-13(18)2-7-16(17)19/h2-7,12,20H,8-11H2,1H3/p+1. The summed E-state index contributed by atoms with van der Waals surface area (Å²) in [5, 5.41) is 0. The molecular weight excluding hydrogens is 348 g/mol. The predicted octanol–water partition coefficient (Wildman–Crippen LogP) is 1.10. The van der Waals surface area contributed by atoms with Crippen molar-refractivity contribution in [1.82, 2.24) is 0 Å². The molecule has 0 unspecified atom stereocenters. The Kier molecular flexibility index (Phi) is 4.91. The molecule has 2 aromatic carbocycles. The fourth-order valence-electron chi connectivity index (χ4n) is 2.78. The Labute approximate surface area is 145 Å². The van der Waals surface area contributed by atoms with Gasteiger partial charge in [-0.3, -0.25) is 4.72 Å². The van der Waals surface area contributed by atoms with Gasteiger partial charge in [-0.1, -0.05) is 0 Å². The maximum Gasteiger partial charge on any atom is 0.264 e. The van der Waals surface area contributed by atoms with Gasteiger partial charge in [-0.2, -0.15) is 0 Å². The van der Waals surface area contributed by atoms with Crippen LogP contribution in [0.3, 0.4) is 0 Å². The van der Waals surface area contributed by atoms with Crippen molar-refractivity contribution < 1.29 is 22.1 Å². The molecule has 0 radical (unpaired) electrons. The fraction of sp³-hybridized carbons (Fsp3) is 0.294. The van der Waals surface area contributed by atoms with Gasteiger partial charge in [-0.05, 0) is 42.5 Å². The summed E-state index contributed by atoms with van der Waals surface area (Å²) in [4.78, 5) is 3.01. The Morgan fingerprint density at radius 3 is 2.32 bits per heavy atom. The van der Waals surface area contributed by atoms with Crippen LogP contribution in [0.1, 0.15) is 0 Å². The lowest BCUT2D eigenvalue weighted by Crippen LogP contribution is -3.12. The third kappa shape index (κ3) is 4.08. The lowest BCUT2D eigenvalue weighted by Gasteiger charge is -2.31. The zero-order valence-electron chi connectivity index (χ0n) is 13.8. The molecule has 1 aliphatic heterocycles. The van der Waals surface area contributed by atoms with Gasteiger partial charge in [0.2, 0.25) is 0 Å². The normalized spacial score (nSPS) is 16.0. The van der Waals surface area contributed by atoms with Crippen LogP contribution < -0.4 is 14.5 Å². The number of hydrogen-bond acceptors (Lipinski definition) is 3. The number of benzene rings is 2. The van der Waals surface area contributed by atoms with E-state index in [4.69, 9.17) is 0 Å². The molecule has 25 heavy (non-hydrogen) atoms. The van der Waals surface area contributed by atoms with Gasteiger partial charge in [0.05, 0.1) is 33.2 Å². The first-order valence-electron chi connectivity index (χ1n) is 7.99. The van der Waals surface area contributed by atoms with Crippen molar-refractivity contribution >= 4 is 21.4 Å². The van der Waals surface area contributed by atoms with E-state index in [9.17, 15) is 17.2 Å². The van der Waals surface area contributed by atoms with Gasteiger partial charge in [0.1, 0.15) is 16.5 Å². The summed E-state index contributed by atoms with van der Waals surface area (Å²) in [5.74, 6) is -1.81. The summed E-state index contributed by atoms with van der Waals surface area (Å²) in [6.07, 6.45) is 0. The summed E-state index contributed by atoms with van der Waals surface area (Å²) in [5.41, 5.74) is 1.31. The second kappa shape index (κ2) is 6.97. The molecule has 0 amide bonds. The molecule has 0 aliphatic carbocycles. The molecule has 3 rings (SSSR count). The third-order valence-electron chi connectivity index (χ3n) is 4.28. The fourth-order valence-corrected chi connectivity index (χ4v) is 3.93. The molecule has 8 heteroatoms. The maximum atomic E-state index is 13.7. The predicted molar refractivity (Wildman–Crippen MR) is 92.4 cm³/mol. The van der Waals surface area contributed by atoms with E-state index >= 15 is 0 Å². The van der Waals surface area contributed by atoms with E-state index in [0.717, 1.165) is 44.0 Å². The average Bonchev–Trinajstić information content (AvgIpc) is 2.58. The largest absolute Gasteiger partial charge is 0.360 e. The number of sulfonamides is 1. The Balaban J connectivity index is 1.75. The molecular formula is C17H20F2N3O2S+. The number of hydrogen-bond donors (Lipinski definition) is 2. The number of quaternary nitrogens is 1. The van der Waals surface area contributed by atoms with E-state index in [1.54, 1.807) is 12.1 Å². The van der Waals surface area contributed by atoms with Crippen LogP contribution in [0.2, 0.25) is 0 Å². The average molecular weight is 368 g/mol. The zero-order valence-corrected chi connectivity index (χ0v) is 14.6. The number of piperazine rings is 1. The Bertz CT molecular complexity index is 849. The van der Waals surface area contributed by atoms with Crippen LogP contribution in [0.15, 0.2) is 47.4 Å². The third-order valence-corrected chi connectivity index (χ3v) is 5.68. The van der Waals surface area contributed by atoms with E-state index < -0.39 is 26.6 Å². The maximum absolute atomic E-state index is 13.7. The van der Waals surface area contributed by atoms with Gasteiger partial charge < -0.3 is 9.80 Å². The van der Waals surface area contributed by atoms with Gasteiger partial charge in [-0.25, -0.2) is 17.2 Å². The van der Waals surface area contributed by atoms with Crippen molar-refractivity contribution in [3.8, 4) is 0 Å². The minimum Gasteiger partial charge on any atom is -0.360 e. The van der Waals surface area contributed by atoms with Gasteiger partial charge >= 0.3 is 0 Å². The number of halogens is 2. The first-order valence-corrected chi connectivity index (χ1v) is 9.48. The molecule has 0 bridgehead atoms. The van der Waals surface area contributed by atoms with Crippen LogP contribution in [0, 0.1) is 11.6 Å². The minimum absolute atomic E-state index is 0.298. The molecule has 1 heterocycles.